The van der Waals surface area contributed by atoms with Gasteiger partial charge in [-0.3, -0.25) is 0 Å². The quantitative estimate of drug-likeness (QED) is 0.639. The zero-order valence-electron chi connectivity index (χ0n) is 4.53. The molecule has 0 N–H and O–H groups in total. The Bertz CT molecular complexity index is 201. The van der Waals surface area contributed by atoms with Crippen molar-refractivity contribution in [2.24, 2.45) is 0 Å². The molecule has 0 saturated heterocycles. The molecule has 0 radical (unpaired) electrons. The van der Waals surface area contributed by atoms with E-state index in [0.717, 1.165) is 0 Å². The van der Waals surface area contributed by atoms with Gasteiger partial charge in [-0.2, -0.15) is 0 Å². The first-order valence-electron chi connectivity index (χ1n) is 2.37. The van der Waals surface area contributed by atoms with Crippen LogP contribution in [0, 0.1) is 0 Å². The van der Waals surface area contributed by atoms with Gasteiger partial charge in [0.05, 0.1) is 0 Å². The van der Waals surface area contributed by atoms with E-state index in [4.69, 9.17) is 0 Å². The Kier molecular flexibility index (Phi) is 3.35. The molecule has 0 atom stereocenters. The van der Waals surface area contributed by atoms with Gasteiger partial charge in [0.1, 0.15) is 0 Å². The molecule has 0 aliphatic rings. The first-order valence-corrected chi connectivity index (χ1v) is 6.06. The summed E-state index contributed by atoms with van der Waals surface area (Å²) in [5.41, 5.74) is 0. The molecule has 0 unspecified atom stereocenters. The van der Waals surface area contributed by atoms with Gasteiger partial charge in [0.2, 0.25) is 0 Å². The molecule has 0 fully saturated rings. The molecule has 1 heterocycles. The van der Waals surface area contributed by atoms with E-state index in [1.807, 2.05) is 9.84 Å². The van der Waals surface area contributed by atoms with Crippen LogP contribution in [0.5, 0.6) is 0 Å². The fraction of sp³-hybridized carbons (Fsp3) is 0. The van der Waals surface area contributed by atoms with Gasteiger partial charge in [-0.15, -0.1) is 0 Å². The van der Waals surface area contributed by atoms with Crippen LogP contribution in [0.1, 0.15) is 8.87 Å². The molecule has 46 valence electrons. The summed E-state index contributed by atoms with van der Waals surface area (Å²) in [5, 5.41) is 0. The van der Waals surface area contributed by atoms with Gasteiger partial charge in [0.25, 0.3) is 0 Å². The van der Waals surface area contributed by atoms with Crippen LogP contribution in [0.15, 0.2) is 12.1 Å². The van der Waals surface area contributed by atoms with Crippen LogP contribution >= 0.6 is 0 Å². The summed E-state index contributed by atoms with van der Waals surface area (Å²) in [7, 11) is 0. The third-order valence-corrected chi connectivity index (χ3v) is 5.51. The maximum atomic E-state index is 2.89. The van der Waals surface area contributed by atoms with Crippen LogP contribution in [0.4, 0.5) is 0 Å². The van der Waals surface area contributed by atoms with Gasteiger partial charge in [-0.05, 0) is 0 Å². The molecule has 0 aliphatic heterocycles. The average Bonchev–Trinajstić information content (AvgIpc) is 2.34. The van der Waals surface area contributed by atoms with E-state index >= 15 is 0 Å². The van der Waals surface area contributed by atoms with Crippen LogP contribution in [-0.2, 0) is 0 Å². The molecule has 1 aromatic heterocycles. The van der Waals surface area contributed by atoms with E-state index in [9.17, 15) is 0 Å². The second-order valence-electron chi connectivity index (χ2n) is 1.48. The van der Waals surface area contributed by atoms with Gasteiger partial charge in [0.15, 0.2) is 0 Å². The summed E-state index contributed by atoms with van der Waals surface area (Å²) in [6, 6.07) is 4.30. The Labute approximate surface area is 76.1 Å². The Balaban J connectivity index is 2.98. The van der Waals surface area contributed by atoms with E-state index in [-0.39, 0.29) is 0 Å². The summed E-state index contributed by atoms with van der Waals surface area (Å²) in [6.07, 6.45) is 0. The summed E-state index contributed by atoms with van der Waals surface area (Å²) in [4.78, 5) is 4.10. The molecule has 0 nitrogen and oxygen atoms in total. The molecule has 9 heavy (non-hydrogen) atoms. The zero-order valence-corrected chi connectivity index (χ0v) is 9.67. The first kappa shape index (κ1) is 7.88. The van der Waals surface area contributed by atoms with Crippen LogP contribution in [0.25, 0.3) is 0 Å². The summed E-state index contributed by atoms with van der Waals surface area (Å²) < 4.78 is 2.84. The predicted molar refractivity (Wildman–Crippen MR) is 45.2 cm³/mol. The predicted octanol–water partition coefficient (Wildman–Crippen LogP) is -0.619. The summed E-state index contributed by atoms with van der Waals surface area (Å²) in [6.45, 7) is 0. The Hall–Kier alpha value is 0.778. The first-order chi connectivity index (χ1) is 4.36. The molecule has 0 amide bonds. The van der Waals surface area contributed by atoms with Crippen molar-refractivity contribution < 1.29 is 0 Å². The number of hydrogen-bond acceptors (Lipinski definition) is 0. The van der Waals surface area contributed by atoms with Gasteiger partial charge in [-0.25, -0.2) is 0 Å². The fourth-order valence-electron chi connectivity index (χ4n) is 0.495. The summed E-state index contributed by atoms with van der Waals surface area (Å²) in [5.74, 6) is 0. The molecular formula is C6H4Se3. The van der Waals surface area contributed by atoms with E-state index < -0.39 is 0 Å². The van der Waals surface area contributed by atoms with Crippen molar-refractivity contribution in [2.45, 2.75) is 0 Å². The molecule has 0 bridgehead atoms. The maximum absolute atomic E-state index is 2.89. The van der Waals surface area contributed by atoms with Crippen molar-refractivity contribution in [2.75, 3.05) is 0 Å². The van der Waals surface area contributed by atoms with E-state index in [0.29, 0.717) is 14.5 Å². The van der Waals surface area contributed by atoms with Gasteiger partial charge < -0.3 is 0 Å². The second kappa shape index (κ2) is 3.83. The SMILES string of the molecule is [Se]=Cc1ccc(C=[Se])[se]1. The molecule has 1 rings (SSSR count). The molecule has 0 spiro atoms. The van der Waals surface area contributed by atoms with E-state index in [2.05, 4.69) is 43.3 Å². The topological polar surface area (TPSA) is 0 Å². The van der Waals surface area contributed by atoms with Crippen LogP contribution in [-0.4, -0.2) is 55.5 Å². The zero-order chi connectivity index (χ0) is 6.69. The molecule has 3 heteroatoms. The molecule has 0 aliphatic carbocycles. The number of rotatable bonds is 2. The Morgan fingerprint density at radius 2 is 1.56 bits per heavy atom. The molecular weight excluding hydrogens is 309 g/mol. The third kappa shape index (κ3) is 2.12. The summed E-state index contributed by atoms with van der Waals surface area (Å²) >= 11 is 6.34. The van der Waals surface area contributed by atoms with Crippen molar-refractivity contribution in [3.63, 3.8) is 0 Å². The molecule has 0 saturated carbocycles. The minimum atomic E-state index is 0.552. The number of hydrogen-bond donors (Lipinski definition) is 0. The van der Waals surface area contributed by atoms with Crippen molar-refractivity contribution >= 4 is 55.5 Å². The van der Waals surface area contributed by atoms with E-state index in [1.54, 1.807) is 0 Å². The van der Waals surface area contributed by atoms with Crippen molar-refractivity contribution in [3.8, 4) is 0 Å². The Morgan fingerprint density at radius 1 is 1.11 bits per heavy atom. The van der Waals surface area contributed by atoms with Gasteiger partial charge >= 0.3 is 76.5 Å². The van der Waals surface area contributed by atoms with Crippen LogP contribution < -0.4 is 0 Å². The standard InChI is InChI=1S/C6H4Se3/c7-3-5-1-2-6(4-8)9-5/h1-4H. The minimum absolute atomic E-state index is 0.552. The second-order valence-corrected chi connectivity index (χ2v) is 4.87. The van der Waals surface area contributed by atoms with Gasteiger partial charge in [-0.1, -0.05) is 0 Å². The third-order valence-electron chi connectivity index (χ3n) is 0.880. The molecule has 0 aromatic carbocycles. The Morgan fingerprint density at radius 3 is 1.78 bits per heavy atom. The monoisotopic (exact) mass is 316 g/mol. The normalized spacial score (nSPS) is 8.89. The van der Waals surface area contributed by atoms with Crippen molar-refractivity contribution in [1.82, 2.24) is 0 Å². The van der Waals surface area contributed by atoms with E-state index in [1.165, 1.54) is 8.87 Å². The van der Waals surface area contributed by atoms with Crippen LogP contribution in [0.2, 0.25) is 0 Å². The molecule has 1 aromatic rings. The van der Waals surface area contributed by atoms with Crippen molar-refractivity contribution in [3.05, 3.63) is 21.0 Å². The van der Waals surface area contributed by atoms with Gasteiger partial charge in [0, 0.05) is 0 Å². The fourth-order valence-corrected chi connectivity index (χ4v) is 3.22. The average molecular weight is 313 g/mol. The van der Waals surface area contributed by atoms with Crippen molar-refractivity contribution in [1.29, 1.82) is 0 Å². The van der Waals surface area contributed by atoms with Crippen LogP contribution in [0.3, 0.4) is 0 Å².